The number of nitrogens with zero attached hydrogens (tertiary/aromatic N) is 1. The molecular formula is C9H14N4O3S. The summed E-state index contributed by atoms with van der Waals surface area (Å²) in [6.07, 6.45) is 2.07. The molecule has 94 valence electrons. The minimum absolute atomic E-state index is 0.102. The first-order valence-corrected chi connectivity index (χ1v) is 6.63. The number of hydrazine groups is 1. The number of sulfonamides is 1. The largest absolute Gasteiger partial charge is 0.380 e. The third-order valence-electron chi connectivity index (χ3n) is 2.43. The zero-order valence-corrected chi connectivity index (χ0v) is 9.90. The number of hydrogen-bond acceptors (Lipinski definition) is 6. The molecule has 1 aliphatic rings. The molecule has 1 saturated heterocycles. The first kappa shape index (κ1) is 12.2. The van der Waals surface area contributed by atoms with Gasteiger partial charge in [-0.15, -0.1) is 0 Å². The van der Waals surface area contributed by atoms with Crippen LogP contribution < -0.4 is 16.0 Å². The van der Waals surface area contributed by atoms with Crippen molar-refractivity contribution >= 4 is 15.7 Å². The van der Waals surface area contributed by atoms with Crippen LogP contribution in [0.1, 0.15) is 6.42 Å². The first-order valence-electron chi connectivity index (χ1n) is 5.15. The monoisotopic (exact) mass is 258 g/mol. The van der Waals surface area contributed by atoms with E-state index in [1.807, 2.05) is 0 Å². The summed E-state index contributed by atoms with van der Waals surface area (Å²) < 4.78 is 31.7. The lowest BCUT2D eigenvalue weighted by Gasteiger charge is -2.12. The fourth-order valence-electron chi connectivity index (χ4n) is 1.62. The van der Waals surface area contributed by atoms with Gasteiger partial charge >= 0.3 is 0 Å². The molecule has 4 N–H and O–H groups in total. The van der Waals surface area contributed by atoms with Gasteiger partial charge in [0.1, 0.15) is 0 Å². The van der Waals surface area contributed by atoms with Crippen LogP contribution in [0, 0.1) is 0 Å². The zero-order chi connectivity index (χ0) is 12.3. The van der Waals surface area contributed by atoms with Crippen molar-refractivity contribution in [3.8, 4) is 0 Å². The molecule has 0 amide bonds. The Hall–Kier alpha value is -1.22. The Balaban J connectivity index is 2.24. The van der Waals surface area contributed by atoms with Crippen molar-refractivity contribution in [1.29, 1.82) is 0 Å². The second kappa shape index (κ2) is 4.96. The Labute approximate surface area is 99.4 Å². The summed E-state index contributed by atoms with van der Waals surface area (Å²) in [5, 5.41) is -0.102. The van der Waals surface area contributed by atoms with Crippen LogP contribution in [0.15, 0.2) is 23.4 Å². The third-order valence-corrected chi connectivity index (χ3v) is 3.91. The van der Waals surface area contributed by atoms with Crippen LogP contribution in [0.3, 0.4) is 0 Å². The standard InChI is InChI=1S/C9H14N4O3S/c10-12-8-2-1-4-11-9(8)17(14,15)13-7-3-5-16-6-7/h1-2,4,7,12-13H,3,5-6,10H2. The lowest BCUT2D eigenvalue weighted by molar-refractivity contribution is 0.192. The third kappa shape index (κ3) is 2.72. The van der Waals surface area contributed by atoms with E-state index < -0.39 is 10.0 Å². The summed E-state index contributed by atoms with van der Waals surface area (Å²) >= 11 is 0. The highest BCUT2D eigenvalue weighted by molar-refractivity contribution is 7.89. The highest BCUT2D eigenvalue weighted by Gasteiger charge is 2.26. The van der Waals surface area contributed by atoms with E-state index in [-0.39, 0.29) is 16.8 Å². The van der Waals surface area contributed by atoms with Gasteiger partial charge < -0.3 is 10.2 Å². The molecule has 1 aromatic heterocycles. The molecule has 1 fully saturated rings. The van der Waals surface area contributed by atoms with Crippen LogP contribution in [-0.2, 0) is 14.8 Å². The van der Waals surface area contributed by atoms with Gasteiger partial charge in [0.2, 0.25) is 0 Å². The summed E-state index contributed by atoms with van der Waals surface area (Å²) in [5.41, 5.74) is 2.58. The van der Waals surface area contributed by atoms with Gasteiger partial charge in [-0.3, -0.25) is 5.84 Å². The van der Waals surface area contributed by atoms with E-state index in [9.17, 15) is 8.42 Å². The number of nitrogens with one attached hydrogen (secondary N) is 2. The van der Waals surface area contributed by atoms with Crippen LogP contribution in [-0.4, -0.2) is 32.7 Å². The van der Waals surface area contributed by atoms with E-state index in [0.29, 0.717) is 19.6 Å². The fourth-order valence-corrected chi connectivity index (χ4v) is 2.97. The summed E-state index contributed by atoms with van der Waals surface area (Å²) in [6, 6.07) is 2.95. The van der Waals surface area contributed by atoms with Crippen molar-refractivity contribution < 1.29 is 13.2 Å². The SMILES string of the molecule is NNc1cccnc1S(=O)(=O)NC1CCOC1. The van der Waals surface area contributed by atoms with Gasteiger partial charge in [-0.1, -0.05) is 0 Å². The molecule has 7 nitrogen and oxygen atoms in total. The summed E-state index contributed by atoms with van der Waals surface area (Å²) in [5.74, 6) is 5.25. The van der Waals surface area contributed by atoms with E-state index in [1.165, 1.54) is 6.20 Å². The molecule has 1 atom stereocenters. The predicted molar refractivity (Wildman–Crippen MR) is 61.6 cm³/mol. The molecule has 1 unspecified atom stereocenters. The van der Waals surface area contributed by atoms with Gasteiger partial charge in [-0.2, -0.15) is 0 Å². The number of rotatable bonds is 4. The van der Waals surface area contributed by atoms with E-state index in [4.69, 9.17) is 10.6 Å². The summed E-state index contributed by atoms with van der Waals surface area (Å²) in [7, 11) is -3.67. The molecule has 1 aromatic rings. The molecule has 1 aliphatic heterocycles. The molecule has 2 rings (SSSR count). The average molecular weight is 258 g/mol. The van der Waals surface area contributed by atoms with E-state index in [0.717, 1.165) is 0 Å². The van der Waals surface area contributed by atoms with Crippen molar-refractivity contribution in [2.75, 3.05) is 18.6 Å². The molecular weight excluding hydrogens is 244 g/mol. The van der Waals surface area contributed by atoms with Gasteiger partial charge in [0.25, 0.3) is 10.0 Å². The molecule has 0 spiro atoms. The van der Waals surface area contributed by atoms with Crippen molar-refractivity contribution in [1.82, 2.24) is 9.71 Å². The number of nitrogens with two attached hydrogens (primary N) is 1. The Morgan fingerprint density at radius 3 is 3.00 bits per heavy atom. The molecule has 8 heteroatoms. The minimum Gasteiger partial charge on any atom is -0.380 e. The maximum atomic E-state index is 12.0. The quantitative estimate of drug-likeness (QED) is 0.493. The van der Waals surface area contributed by atoms with Crippen LogP contribution in [0.25, 0.3) is 0 Å². The first-order chi connectivity index (χ1) is 8.13. The van der Waals surface area contributed by atoms with Crippen LogP contribution >= 0.6 is 0 Å². The van der Waals surface area contributed by atoms with Crippen LogP contribution in [0.2, 0.25) is 0 Å². The average Bonchev–Trinajstić information content (AvgIpc) is 2.81. The second-order valence-electron chi connectivity index (χ2n) is 3.68. The number of ether oxygens (including phenoxy) is 1. The zero-order valence-electron chi connectivity index (χ0n) is 9.09. The smallest absolute Gasteiger partial charge is 0.260 e. The van der Waals surface area contributed by atoms with Crippen LogP contribution in [0.5, 0.6) is 0 Å². The Kier molecular flexibility index (Phi) is 3.57. The molecule has 17 heavy (non-hydrogen) atoms. The van der Waals surface area contributed by atoms with Gasteiger partial charge in [0.05, 0.1) is 12.3 Å². The van der Waals surface area contributed by atoms with E-state index >= 15 is 0 Å². The summed E-state index contributed by atoms with van der Waals surface area (Å²) in [6.45, 7) is 0.953. The lowest BCUT2D eigenvalue weighted by atomic mass is 10.3. The molecule has 0 saturated carbocycles. The Morgan fingerprint density at radius 2 is 2.35 bits per heavy atom. The van der Waals surface area contributed by atoms with Gasteiger partial charge in [-0.05, 0) is 18.6 Å². The second-order valence-corrected chi connectivity index (χ2v) is 5.31. The lowest BCUT2D eigenvalue weighted by Crippen LogP contribution is -2.36. The molecule has 0 aromatic carbocycles. The van der Waals surface area contributed by atoms with Gasteiger partial charge in [0.15, 0.2) is 5.03 Å². The molecule has 0 bridgehead atoms. The molecule has 0 radical (unpaired) electrons. The highest BCUT2D eigenvalue weighted by atomic mass is 32.2. The highest BCUT2D eigenvalue weighted by Crippen LogP contribution is 2.17. The van der Waals surface area contributed by atoms with Crippen molar-refractivity contribution in [2.24, 2.45) is 5.84 Å². The topological polar surface area (TPSA) is 106 Å². The maximum Gasteiger partial charge on any atom is 0.260 e. The number of pyridine rings is 1. The van der Waals surface area contributed by atoms with E-state index in [1.54, 1.807) is 12.1 Å². The number of hydrogen-bond donors (Lipinski definition) is 3. The van der Waals surface area contributed by atoms with Crippen molar-refractivity contribution in [2.45, 2.75) is 17.5 Å². The Morgan fingerprint density at radius 1 is 1.53 bits per heavy atom. The fraction of sp³-hybridized carbons (Fsp3) is 0.444. The van der Waals surface area contributed by atoms with Crippen molar-refractivity contribution in [3.05, 3.63) is 18.3 Å². The van der Waals surface area contributed by atoms with Gasteiger partial charge in [-0.25, -0.2) is 18.1 Å². The molecule has 2 heterocycles. The van der Waals surface area contributed by atoms with Crippen molar-refractivity contribution in [3.63, 3.8) is 0 Å². The Bertz CT molecular complexity index is 485. The summed E-state index contributed by atoms with van der Waals surface area (Å²) in [4.78, 5) is 3.83. The number of aromatic nitrogens is 1. The molecule has 0 aliphatic carbocycles. The number of nitrogen functional groups attached to an aromatic ring is 1. The number of anilines is 1. The van der Waals surface area contributed by atoms with Gasteiger partial charge in [0, 0.05) is 18.8 Å². The maximum absolute atomic E-state index is 12.0. The van der Waals surface area contributed by atoms with E-state index in [2.05, 4.69) is 15.1 Å². The normalized spacial score (nSPS) is 20.4. The predicted octanol–water partition coefficient (Wildman–Crippen LogP) is -0.566. The van der Waals surface area contributed by atoms with Crippen LogP contribution in [0.4, 0.5) is 5.69 Å². The minimum atomic E-state index is -3.67.